The van der Waals surface area contributed by atoms with Crippen molar-refractivity contribution in [1.29, 1.82) is 0 Å². The number of amides is 2. The summed E-state index contributed by atoms with van der Waals surface area (Å²) in [5.74, 6) is -0.181. The van der Waals surface area contributed by atoms with Crippen LogP contribution in [0.25, 0.3) is 0 Å². The number of carbonyl (C=O) groups excluding carboxylic acids is 2. The van der Waals surface area contributed by atoms with Gasteiger partial charge in [0, 0.05) is 11.2 Å². The van der Waals surface area contributed by atoms with Crippen LogP contribution in [-0.4, -0.2) is 29.1 Å². The molecule has 0 radical (unpaired) electrons. The van der Waals surface area contributed by atoms with Crippen molar-refractivity contribution in [2.75, 3.05) is 4.90 Å². The van der Waals surface area contributed by atoms with Gasteiger partial charge in [0.15, 0.2) is 0 Å². The number of nitrogens with zero attached hydrogens (tertiary/aromatic N) is 1. The van der Waals surface area contributed by atoms with Crippen molar-refractivity contribution in [2.24, 2.45) is 0 Å². The summed E-state index contributed by atoms with van der Waals surface area (Å²) in [6.07, 6.45) is 1.38. The quantitative estimate of drug-likeness (QED) is 0.497. The summed E-state index contributed by atoms with van der Waals surface area (Å²) < 4.78 is -0.0451. The fraction of sp³-hybridized carbons (Fsp3) is 0.636. The molecular weight excluding hydrogens is 353 g/mol. The average molecular weight is 387 g/mol. The van der Waals surface area contributed by atoms with Crippen molar-refractivity contribution < 1.29 is 9.59 Å². The zero-order chi connectivity index (χ0) is 20.6. The second kappa shape index (κ2) is 7.65. The summed E-state index contributed by atoms with van der Waals surface area (Å²) >= 11 is 1.58. The largest absolute Gasteiger partial charge is 0.274 e. The van der Waals surface area contributed by atoms with E-state index in [1.165, 1.54) is 10.5 Å². The smallest absolute Gasteiger partial charge is 0.247 e. The lowest BCUT2D eigenvalue weighted by Gasteiger charge is -2.34. The van der Waals surface area contributed by atoms with Gasteiger partial charge in [-0.1, -0.05) is 72.7 Å². The highest BCUT2D eigenvalue weighted by Gasteiger charge is 2.41. The molecule has 3 nitrogen and oxygen atoms in total. The van der Waals surface area contributed by atoms with E-state index in [1.807, 2.05) is 12.1 Å². The standard InChI is InChI=1S/C22H34BNO2S/c1-20(2,3)27-17-13-18(25)24(19(17)26)16-11-9-15(10-12-16)21(4,5)14-22(6,7)23-8/h9-12,17,23H,13-14H2,1-8H3. The van der Waals surface area contributed by atoms with E-state index in [4.69, 9.17) is 0 Å². The minimum Gasteiger partial charge on any atom is -0.274 e. The molecule has 1 unspecified atom stereocenters. The molecule has 1 aliphatic rings. The molecular formula is C22H34BNO2S. The zero-order valence-corrected chi connectivity index (χ0v) is 19.0. The van der Waals surface area contributed by atoms with Gasteiger partial charge in [-0.05, 0) is 29.5 Å². The maximum absolute atomic E-state index is 12.8. The zero-order valence-electron chi connectivity index (χ0n) is 18.2. The van der Waals surface area contributed by atoms with Gasteiger partial charge in [-0.15, -0.1) is 11.8 Å². The first-order chi connectivity index (χ1) is 12.3. The third-order valence-electron chi connectivity index (χ3n) is 5.39. The molecule has 0 aromatic heterocycles. The molecule has 1 aliphatic heterocycles. The van der Waals surface area contributed by atoms with E-state index in [0.29, 0.717) is 12.1 Å². The normalized spacial score (nSPS) is 19.0. The molecule has 1 fully saturated rings. The molecule has 1 heterocycles. The first kappa shape index (κ1) is 22.1. The first-order valence-electron chi connectivity index (χ1n) is 9.91. The fourth-order valence-electron chi connectivity index (χ4n) is 3.88. The molecule has 0 saturated carbocycles. The van der Waals surface area contributed by atoms with Crippen LogP contribution in [0.1, 0.15) is 66.9 Å². The fourth-order valence-corrected chi connectivity index (χ4v) is 5.16. The van der Waals surface area contributed by atoms with Gasteiger partial charge in [-0.3, -0.25) is 9.59 Å². The van der Waals surface area contributed by atoms with E-state index in [-0.39, 0.29) is 32.5 Å². The van der Waals surface area contributed by atoms with E-state index in [2.05, 4.69) is 67.4 Å². The topological polar surface area (TPSA) is 37.4 Å². The number of imide groups is 1. The molecule has 148 valence electrons. The van der Waals surface area contributed by atoms with E-state index >= 15 is 0 Å². The van der Waals surface area contributed by atoms with Gasteiger partial charge in [0.05, 0.1) is 10.9 Å². The van der Waals surface area contributed by atoms with Gasteiger partial charge in [0.25, 0.3) is 0 Å². The minimum absolute atomic E-state index is 0.0433. The predicted molar refractivity (Wildman–Crippen MR) is 119 cm³/mol. The number of hydrogen-bond donors (Lipinski definition) is 0. The maximum Gasteiger partial charge on any atom is 0.247 e. The first-order valence-corrected chi connectivity index (χ1v) is 10.8. The Hall–Kier alpha value is -1.23. The highest BCUT2D eigenvalue weighted by molar-refractivity contribution is 8.02. The maximum atomic E-state index is 12.8. The van der Waals surface area contributed by atoms with Crippen molar-refractivity contribution in [2.45, 2.75) is 88.9 Å². The van der Waals surface area contributed by atoms with Crippen LogP contribution in [0.15, 0.2) is 24.3 Å². The van der Waals surface area contributed by atoms with Crippen LogP contribution in [0.4, 0.5) is 5.69 Å². The number of rotatable bonds is 6. The molecule has 2 amide bonds. The molecule has 1 saturated heterocycles. The van der Waals surface area contributed by atoms with Gasteiger partial charge in [-0.2, -0.15) is 0 Å². The Bertz CT molecular complexity index is 704. The second-order valence-corrected chi connectivity index (χ2v) is 12.1. The van der Waals surface area contributed by atoms with Crippen LogP contribution in [0, 0.1) is 0 Å². The lowest BCUT2D eigenvalue weighted by atomic mass is 9.51. The summed E-state index contributed by atoms with van der Waals surface area (Å²) in [6.45, 7) is 17.6. The third kappa shape index (κ3) is 5.40. The molecule has 0 bridgehead atoms. The van der Waals surface area contributed by atoms with Crippen LogP contribution in [0.3, 0.4) is 0 Å². The van der Waals surface area contributed by atoms with Crippen molar-refractivity contribution in [3.05, 3.63) is 29.8 Å². The number of thioether (sulfide) groups is 1. The summed E-state index contributed by atoms with van der Waals surface area (Å²) in [5, 5.41) is -0.000500. The summed E-state index contributed by atoms with van der Waals surface area (Å²) in [4.78, 5) is 26.6. The number of hydrogen-bond acceptors (Lipinski definition) is 3. The van der Waals surface area contributed by atoms with Gasteiger partial charge in [0.2, 0.25) is 11.8 Å². The van der Waals surface area contributed by atoms with E-state index in [9.17, 15) is 9.59 Å². The van der Waals surface area contributed by atoms with Gasteiger partial charge < -0.3 is 0 Å². The summed E-state index contributed by atoms with van der Waals surface area (Å²) in [6, 6.07) is 8.00. The molecule has 27 heavy (non-hydrogen) atoms. The van der Waals surface area contributed by atoms with E-state index in [0.717, 1.165) is 13.7 Å². The number of anilines is 1. The highest BCUT2D eigenvalue weighted by atomic mass is 32.2. The van der Waals surface area contributed by atoms with Gasteiger partial charge in [0.1, 0.15) is 7.28 Å². The van der Waals surface area contributed by atoms with E-state index < -0.39 is 0 Å². The lowest BCUT2D eigenvalue weighted by molar-refractivity contribution is -0.121. The monoisotopic (exact) mass is 387 g/mol. The molecule has 0 aliphatic carbocycles. The second-order valence-electron chi connectivity index (χ2n) is 10.1. The molecule has 5 heteroatoms. The van der Waals surface area contributed by atoms with Crippen molar-refractivity contribution in [1.82, 2.24) is 0 Å². The SMILES string of the molecule is CBC(C)(C)CC(C)(C)c1ccc(N2C(=O)CC(SC(C)(C)C)C2=O)cc1. The Kier molecular flexibility index (Phi) is 6.26. The molecule has 1 aromatic carbocycles. The van der Waals surface area contributed by atoms with Crippen LogP contribution in [-0.2, 0) is 15.0 Å². The molecule has 0 N–H and O–H groups in total. The Labute approximate surface area is 169 Å². The van der Waals surface area contributed by atoms with Crippen LogP contribution >= 0.6 is 11.8 Å². The average Bonchev–Trinajstić information content (AvgIpc) is 2.79. The van der Waals surface area contributed by atoms with Crippen molar-refractivity contribution in [3.8, 4) is 0 Å². The summed E-state index contributed by atoms with van der Waals surface area (Å²) in [5.41, 5.74) is 1.98. The van der Waals surface area contributed by atoms with Crippen LogP contribution < -0.4 is 4.90 Å². The molecule has 1 aromatic rings. The Morgan fingerprint density at radius 3 is 2.07 bits per heavy atom. The minimum atomic E-state index is -0.279. The predicted octanol–water partition coefficient (Wildman–Crippen LogP) is 5.20. The Morgan fingerprint density at radius 2 is 1.59 bits per heavy atom. The van der Waals surface area contributed by atoms with Crippen molar-refractivity contribution in [3.63, 3.8) is 0 Å². The Balaban J connectivity index is 2.20. The molecule has 0 spiro atoms. The van der Waals surface area contributed by atoms with Crippen LogP contribution in [0.5, 0.6) is 0 Å². The molecule has 2 rings (SSSR count). The van der Waals surface area contributed by atoms with Crippen LogP contribution in [0.2, 0.25) is 12.1 Å². The molecule has 1 atom stereocenters. The Morgan fingerprint density at radius 1 is 1.04 bits per heavy atom. The van der Waals surface area contributed by atoms with E-state index in [1.54, 1.807) is 11.8 Å². The summed E-state index contributed by atoms with van der Waals surface area (Å²) in [7, 11) is 1.14. The van der Waals surface area contributed by atoms with Gasteiger partial charge >= 0.3 is 0 Å². The van der Waals surface area contributed by atoms with Gasteiger partial charge in [-0.25, -0.2) is 4.90 Å². The number of benzene rings is 1. The highest BCUT2D eigenvalue weighted by Crippen LogP contribution is 2.41. The third-order valence-corrected chi connectivity index (χ3v) is 6.75. The van der Waals surface area contributed by atoms with Crippen molar-refractivity contribution >= 4 is 36.5 Å². The number of carbonyl (C=O) groups is 2. The lowest BCUT2D eigenvalue weighted by Crippen LogP contribution is -2.32.